The molecule has 0 amide bonds. The van der Waals surface area contributed by atoms with Gasteiger partial charge in [0.15, 0.2) is 0 Å². The average Bonchev–Trinajstić information content (AvgIpc) is 2.26. The summed E-state index contributed by atoms with van der Waals surface area (Å²) in [6.07, 6.45) is 0.542. The predicted octanol–water partition coefficient (Wildman–Crippen LogP) is 1.50. The summed E-state index contributed by atoms with van der Waals surface area (Å²) in [6, 6.07) is 6.12. The molecule has 0 aliphatic carbocycles. The van der Waals surface area contributed by atoms with E-state index in [2.05, 4.69) is 20.7 Å². The fraction of sp³-hybridized carbons (Fsp3) is 0.400. The summed E-state index contributed by atoms with van der Waals surface area (Å²) in [7, 11) is -3.57. The molecule has 1 atom stereocenters. The Balaban J connectivity index is 2.99. The lowest BCUT2D eigenvalue weighted by molar-refractivity contribution is 0.254. The van der Waals surface area contributed by atoms with Crippen LogP contribution in [0.1, 0.15) is 13.3 Å². The van der Waals surface area contributed by atoms with E-state index in [0.717, 1.165) is 0 Å². The molecule has 1 aromatic rings. The van der Waals surface area contributed by atoms with Crippen molar-refractivity contribution in [2.24, 2.45) is 0 Å². The van der Waals surface area contributed by atoms with Crippen LogP contribution in [0.25, 0.3) is 0 Å². The third-order valence-corrected chi connectivity index (χ3v) is 4.69. The number of halogens is 1. The van der Waals surface area contributed by atoms with E-state index in [0.29, 0.717) is 10.9 Å². The van der Waals surface area contributed by atoms with Crippen molar-refractivity contribution in [3.8, 4) is 0 Å². The van der Waals surface area contributed by atoms with Crippen LogP contribution in [0.15, 0.2) is 33.6 Å². The van der Waals surface area contributed by atoms with Gasteiger partial charge in [0.1, 0.15) is 0 Å². The molecular weight excluding hydrogens is 294 g/mol. The SMILES string of the molecule is CC[C@H](CO)NS(=O)(=O)c1ccccc1Br. The molecule has 0 unspecified atom stereocenters. The first-order valence-electron chi connectivity index (χ1n) is 4.89. The van der Waals surface area contributed by atoms with Crippen molar-refractivity contribution in [1.29, 1.82) is 0 Å². The molecule has 0 bridgehead atoms. The van der Waals surface area contributed by atoms with Crippen molar-refractivity contribution >= 4 is 26.0 Å². The second-order valence-electron chi connectivity index (χ2n) is 3.34. The van der Waals surface area contributed by atoms with Crippen LogP contribution in [-0.4, -0.2) is 26.2 Å². The predicted molar refractivity (Wildman–Crippen MR) is 65.6 cm³/mol. The molecule has 6 heteroatoms. The van der Waals surface area contributed by atoms with Crippen LogP contribution < -0.4 is 4.72 Å². The van der Waals surface area contributed by atoms with E-state index in [1.165, 1.54) is 6.07 Å². The van der Waals surface area contributed by atoms with E-state index in [9.17, 15) is 8.42 Å². The van der Waals surface area contributed by atoms with Gasteiger partial charge in [0.25, 0.3) is 0 Å². The van der Waals surface area contributed by atoms with E-state index in [4.69, 9.17) is 5.11 Å². The molecule has 1 rings (SSSR count). The minimum atomic E-state index is -3.57. The fourth-order valence-corrected chi connectivity index (χ4v) is 3.51. The summed E-state index contributed by atoms with van der Waals surface area (Å²) in [5.74, 6) is 0. The van der Waals surface area contributed by atoms with Gasteiger partial charge in [-0.3, -0.25) is 0 Å². The number of sulfonamides is 1. The molecule has 0 aromatic heterocycles. The number of aliphatic hydroxyl groups is 1. The van der Waals surface area contributed by atoms with Gasteiger partial charge >= 0.3 is 0 Å². The Labute approximate surface area is 104 Å². The molecule has 0 aliphatic rings. The number of aliphatic hydroxyl groups excluding tert-OH is 1. The fourth-order valence-electron chi connectivity index (χ4n) is 1.20. The highest BCUT2D eigenvalue weighted by Gasteiger charge is 2.20. The first-order chi connectivity index (χ1) is 7.51. The number of rotatable bonds is 5. The summed E-state index contributed by atoms with van der Waals surface area (Å²) in [6.45, 7) is 1.60. The van der Waals surface area contributed by atoms with Gasteiger partial charge in [0.2, 0.25) is 10.0 Å². The molecule has 0 heterocycles. The van der Waals surface area contributed by atoms with Gasteiger partial charge in [-0.15, -0.1) is 0 Å². The van der Waals surface area contributed by atoms with Crippen LogP contribution in [0.3, 0.4) is 0 Å². The molecule has 1 aromatic carbocycles. The maximum atomic E-state index is 11.9. The third kappa shape index (κ3) is 3.28. The summed E-state index contributed by atoms with van der Waals surface area (Å²) in [4.78, 5) is 0.182. The van der Waals surface area contributed by atoms with Crippen molar-refractivity contribution in [3.05, 3.63) is 28.7 Å². The van der Waals surface area contributed by atoms with Gasteiger partial charge in [-0.05, 0) is 34.5 Å². The van der Waals surface area contributed by atoms with Gasteiger partial charge < -0.3 is 5.11 Å². The van der Waals surface area contributed by atoms with Crippen LogP contribution >= 0.6 is 15.9 Å². The van der Waals surface area contributed by atoms with Crippen molar-refractivity contribution in [2.45, 2.75) is 24.3 Å². The molecule has 4 nitrogen and oxygen atoms in total. The second kappa shape index (κ2) is 5.77. The Morgan fingerprint density at radius 1 is 1.44 bits per heavy atom. The van der Waals surface area contributed by atoms with Crippen molar-refractivity contribution in [1.82, 2.24) is 4.72 Å². The molecule has 0 saturated carbocycles. The van der Waals surface area contributed by atoms with Crippen molar-refractivity contribution < 1.29 is 13.5 Å². The molecule has 0 fully saturated rings. The topological polar surface area (TPSA) is 66.4 Å². The van der Waals surface area contributed by atoms with E-state index in [1.807, 2.05) is 6.92 Å². The lowest BCUT2D eigenvalue weighted by atomic mass is 10.3. The smallest absolute Gasteiger partial charge is 0.242 e. The van der Waals surface area contributed by atoms with Crippen LogP contribution in [0, 0.1) is 0 Å². The van der Waals surface area contributed by atoms with Crippen molar-refractivity contribution in [2.75, 3.05) is 6.61 Å². The van der Waals surface area contributed by atoms with Gasteiger partial charge in [0.05, 0.1) is 11.5 Å². The number of nitrogens with one attached hydrogen (secondary N) is 1. The van der Waals surface area contributed by atoms with Gasteiger partial charge in [-0.1, -0.05) is 19.1 Å². The first-order valence-corrected chi connectivity index (χ1v) is 7.16. The monoisotopic (exact) mass is 307 g/mol. The van der Waals surface area contributed by atoms with E-state index >= 15 is 0 Å². The third-order valence-electron chi connectivity index (χ3n) is 2.16. The Hall–Kier alpha value is -0.430. The summed E-state index contributed by atoms with van der Waals surface area (Å²) in [5, 5.41) is 8.97. The lowest BCUT2D eigenvalue weighted by Gasteiger charge is -2.14. The Bertz CT molecular complexity index is 443. The maximum absolute atomic E-state index is 11.9. The molecule has 0 aliphatic heterocycles. The zero-order valence-electron chi connectivity index (χ0n) is 8.85. The van der Waals surface area contributed by atoms with Gasteiger partial charge in [0, 0.05) is 10.5 Å². The van der Waals surface area contributed by atoms with Crippen LogP contribution in [-0.2, 0) is 10.0 Å². The van der Waals surface area contributed by atoms with E-state index in [-0.39, 0.29) is 11.5 Å². The number of benzene rings is 1. The molecule has 0 spiro atoms. The van der Waals surface area contributed by atoms with Gasteiger partial charge in [-0.25, -0.2) is 13.1 Å². The number of hydrogen-bond donors (Lipinski definition) is 2. The summed E-state index contributed by atoms with van der Waals surface area (Å²) < 4.78 is 26.8. The highest BCUT2D eigenvalue weighted by molar-refractivity contribution is 9.10. The molecule has 16 heavy (non-hydrogen) atoms. The zero-order chi connectivity index (χ0) is 12.2. The highest BCUT2D eigenvalue weighted by atomic mass is 79.9. The molecule has 2 N–H and O–H groups in total. The Kier molecular flexibility index (Phi) is 4.91. The Morgan fingerprint density at radius 3 is 2.56 bits per heavy atom. The lowest BCUT2D eigenvalue weighted by Crippen LogP contribution is -2.37. The largest absolute Gasteiger partial charge is 0.395 e. The molecule has 0 radical (unpaired) electrons. The zero-order valence-corrected chi connectivity index (χ0v) is 11.3. The Morgan fingerprint density at radius 2 is 2.06 bits per heavy atom. The van der Waals surface area contributed by atoms with Crippen LogP contribution in [0.5, 0.6) is 0 Å². The molecular formula is C10H14BrNO3S. The summed E-state index contributed by atoms with van der Waals surface area (Å²) in [5.41, 5.74) is 0. The normalized spacial score (nSPS) is 13.7. The second-order valence-corrected chi connectivity index (χ2v) is 5.88. The average molecular weight is 308 g/mol. The molecule has 0 saturated heterocycles. The van der Waals surface area contributed by atoms with Crippen LogP contribution in [0.2, 0.25) is 0 Å². The quantitative estimate of drug-likeness (QED) is 0.866. The minimum Gasteiger partial charge on any atom is -0.395 e. The van der Waals surface area contributed by atoms with Crippen LogP contribution in [0.4, 0.5) is 0 Å². The molecule has 90 valence electrons. The minimum absolute atomic E-state index is 0.182. The maximum Gasteiger partial charge on any atom is 0.242 e. The number of hydrogen-bond acceptors (Lipinski definition) is 3. The summed E-state index contributed by atoms with van der Waals surface area (Å²) >= 11 is 3.18. The first kappa shape index (κ1) is 13.6. The standard InChI is InChI=1S/C10H14BrNO3S/c1-2-8(7-13)12-16(14,15)10-6-4-3-5-9(10)11/h3-6,8,12-13H,2,7H2,1H3/t8-/m1/s1. The van der Waals surface area contributed by atoms with E-state index < -0.39 is 16.1 Å². The van der Waals surface area contributed by atoms with E-state index in [1.54, 1.807) is 18.2 Å². The highest BCUT2D eigenvalue weighted by Crippen LogP contribution is 2.21. The van der Waals surface area contributed by atoms with Crippen molar-refractivity contribution in [3.63, 3.8) is 0 Å². The van der Waals surface area contributed by atoms with Gasteiger partial charge in [-0.2, -0.15) is 0 Å².